The second-order valence-electron chi connectivity index (χ2n) is 5.20. The van der Waals surface area contributed by atoms with Crippen LogP contribution >= 0.6 is 0 Å². The number of methoxy groups -OCH3 is 1. The Morgan fingerprint density at radius 3 is 2.21 bits per heavy atom. The molecule has 0 saturated heterocycles. The van der Waals surface area contributed by atoms with Gasteiger partial charge in [-0.15, -0.1) is 0 Å². The van der Waals surface area contributed by atoms with Gasteiger partial charge in [-0.3, -0.25) is 10.2 Å². The van der Waals surface area contributed by atoms with Gasteiger partial charge in [-0.05, 0) is 30.5 Å². The third-order valence-corrected chi connectivity index (χ3v) is 3.79. The maximum Gasteiger partial charge on any atom is 0.268 e. The Labute approximate surface area is 141 Å². The second-order valence-corrected chi connectivity index (χ2v) is 5.20. The summed E-state index contributed by atoms with van der Waals surface area (Å²) in [6.07, 6.45) is 4.91. The van der Waals surface area contributed by atoms with Gasteiger partial charge in [-0.1, -0.05) is 26.0 Å². The van der Waals surface area contributed by atoms with E-state index in [9.17, 15) is 4.79 Å². The molecule has 128 valence electrons. The molecule has 1 aliphatic carbocycles. The van der Waals surface area contributed by atoms with Crippen LogP contribution in [0.4, 0.5) is 5.95 Å². The van der Waals surface area contributed by atoms with E-state index in [0.717, 1.165) is 18.6 Å². The van der Waals surface area contributed by atoms with E-state index in [0.29, 0.717) is 11.5 Å². The van der Waals surface area contributed by atoms with Crippen LogP contribution in [0, 0.1) is 0 Å². The third kappa shape index (κ3) is 3.80. The van der Waals surface area contributed by atoms with Gasteiger partial charge >= 0.3 is 0 Å². The minimum absolute atomic E-state index is 0.135. The van der Waals surface area contributed by atoms with Crippen molar-refractivity contribution in [2.24, 2.45) is 5.84 Å². The minimum atomic E-state index is -0.414. The van der Waals surface area contributed by atoms with Crippen LogP contribution in [0.15, 0.2) is 36.7 Å². The summed E-state index contributed by atoms with van der Waals surface area (Å²) in [4.78, 5) is 19.7. The van der Waals surface area contributed by atoms with Gasteiger partial charge in [0.05, 0.1) is 18.2 Å². The van der Waals surface area contributed by atoms with Crippen LogP contribution in [-0.4, -0.2) is 23.0 Å². The summed E-state index contributed by atoms with van der Waals surface area (Å²) in [6.45, 7) is 4.00. The van der Waals surface area contributed by atoms with Gasteiger partial charge in [-0.2, -0.15) is 0 Å². The number of nitrogens with zero attached hydrogens (tertiary/aromatic N) is 2. The number of hydrogen-bond acceptors (Lipinski definition) is 6. The molecule has 4 N–H and O–H groups in total. The van der Waals surface area contributed by atoms with Gasteiger partial charge in [-0.25, -0.2) is 15.8 Å². The first-order chi connectivity index (χ1) is 11.7. The van der Waals surface area contributed by atoms with Gasteiger partial charge in [0.15, 0.2) is 0 Å². The first kappa shape index (κ1) is 17.7. The number of hydrogen-bond donors (Lipinski definition) is 3. The molecule has 0 bridgehead atoms. The molecule has 1 aromatic carbocycles. The third-order valence-electron chi connectivity index (χ3n) is 3.79. The Morgan fingerprint density at radius 2 is 1.75 bits per heavy atom. The molecule has 7 nitrogen and oxygen atoms in total. The summed E-state index contributed by atoms with van der Waals surface area (Å²) >= 11 is 0. The lowest BCUT2D eigenvalue weighted by Gasteiger charge is -2.18. The fourth-order valence-corrected chi connectivity index (χ4v) is 2.33. The maximum atomic E-state index is 11.4. The van der Waals surface area contributed by atoms with Crippen molar-refractivity contribution in [3.8, 4) is 5.75 Å². The summed E-state index contributed by atoms with van der Waals surface area (Å²) in [5, 5.41) is 3.34. The van der Waals surface area contributed by atoms with Crippen molar-refractivity contribution in [2.75, 3.05) is 12.4 Å². The predicted octanol–water partition coefficient (Wildman–Crippen LogP) is 2.22. The van der Waals surface area contributed by atoms with E-state index in [1.54, 1.807) is 7.11 Å². The van der Waals surface area contributed by atoms with Crippen molar-refractivity contribution < 1.29 is 9.53 Å². The molecule has 0 unspecified atom stereocenters. The average molecular weight is 329 g/mol. The fraction of sp³-hybridized carbons (Fsp3) is 0.353. The minimum Gasteiger partial charge on any atom is -0.497 e. The van der Waals surface area contributed by atoms with E-state index in [-0.39, 0.29) is 5.54 Å². The van der Waals surface area contributed by atoms with Crippen LogP contribution in [0.5, 0.6) is 5.75 Å². The SMILES string of the molecule is CC.COc1ccc(C2(Nc3ncc(C(=O)NN)cn3)CC2)cc1. The number of nitrogens with two attached hydrogens (primary N) is 1. The lowest BCUT2D eigenvalue weighted by Crippen LogP contribution is -2.30. The normalized spacial score (nSPS) is 14.0. The highest BCUT2D eigenvalue weighted by atomic mass is 16.5. The summed E-state index contributed by atoms with van der Waals surface area (Å²) in [7, 11) is 1.65. The van der Waals surface area contributed by atoms with Crippen molar-refractivity contribution in [1.29, 1.82) is 0 Å². The highest BCUT2D eigenvalue weighted by Gasteiger charge is 2.45. The number of ether oxygens (including phenoxy) is 1. The molecular weight excluding hydrogens is 306 g/mol. The largest absolute Gasteiger partial charge is 0.497 e. The molecule has 2 aromatic rings. The first-order valence-electron chi connectivity index (χ1n) is 7.92. The number of nitrogens with one attached hydrogen (secondary N) is 2. The molecule has 1 heterocycles. The van der Waals surface area contributed by atoms with Gasteiger partial charge in [0.1, 0.15) is 5.75 Å². The van der Waals surface area contributed by atoms with E-state index in [1.807, 2.05) is 43.5 Å². The fourth-order valence-electron chi connectivity index (χ4n) is 2.33. The van der Waals surface area contributed by atoms with Crippen LogP contribution in [0.3, 0.4) is 0 Å². The van der Waals surface area contributed by atoms with Crippen molar-refractivity contribution in [3.63, 3.8) is 0 Å². The monoisotopic (exact) mass is 329 g/mol. The van der Waals surface area contributed by atoms with Gasteiger partial charge in [0.2, 0.25) is 5.95 Å². The number of rotatable bonds is 5. The Kier molecular flexibility index (Phi) is 5.70. The predicted molar refractivity (Wildman–Crippen MR) is 92.6 cm³/mol. The van der Waals surface area contributed by atoms with Crippen LogP contribution in [0.1, 0.15) is 42.6 Å². The smallest absolute Gasteiger partial charge is 0.268 e. The van der Waals surface area contributed by atoms with Gasteiger partial charge < -0.3 is 10.1 Å². The van der Waals surface area contributed by atoms with Gasteiger partial charge in [0.25, 0.3) is 5.91 Å². The zero-order valence-electron chi connectivity index (χ0n) is 14.2. The Bertz CT molecular complexity index is 666. The second kappa shape index (κ2) is 7.74. The van der Waals surface area contributed by atoms with Crippen molar-refractivity contribution in [1.82, 2.24) is 15.4 Å². The lowest BCUT2D eigenvalue weighted by atomic mass is 10.1. The Hall–Kier alpha value is -2.67. The van der Waals surface area contributed by atoms with E-state index >= 15 is 0 Å². The molecule has 1 fully saturated rings. The number of hydrazine groups is 1. The molecule has 0 spiro atoms. The zero-order chi connectivity index (χ0) is 17.6. The molecule has 24 heavy (non-hydrogen) atoms. The first-order valence-corrected chi connectivity index (χ1v) is 7.92. The van der Waals surface area contributed by atoms with Crippen LogP contribution < -0.4 is 21.3 Å². The molecule has 1 amide bonds. The van der Waals surface area contributed by atoms with Crippen LogP contribution in [0.2, 0.25) is 0 Å². The molecule has 3 rings (SSSR count). The Balaban J connectivity index is 0.00000100. The maximum absolute atomic E-state index is 11.4. The number of nitrogen functional groups attached to an aromatic ring is 1. The summed E-state index contributed by atoms with van der Waals surface area (Å²) in [5.74, 6) is 5.97. The summed E-state index contributed by atoms with van der Waals surface area (Å²) in [5.41, 5.74) is 3.40. The summed E-state index contributed by atoms with van der Waals surface area (Å²) < 4.78 is 5.17. The molecule has 1 aromatic heterocycles. The number of anilines is 1. The lowest BCUT2D eigenvalue weighted by molar-refractivity contribution is 0.0953. The molecule has 1 aliphatic rings. The molecule has 7 heteroatoms. The van der Waals surface area contributed by atoms with Crippen molar-refractivity contribution in [3.05, 3.63) is 47.8 Å². The molecule has 0 aliphatic heterocycles. The number of benzene rings is 1. The molecule has 0 radical (unpaired) electrons. The van der Waals surface area contributed by atoms with Crippen molar-refractivity contribution >= 4 is 11.9 Å². The number of carbonyl (C=O) groups is 1. The molecule has 1 saturated carbocycles. The van der Waals surface area contributed by atoms with Crippen molar-refractivity contribution in [2.45, 2.75) is 32.2 Å². The van der Waals surface area contributed by atoms with E-state index in [2.05, 4.69) is 15.3 Å². The van der Waals surface area contributed by atoms with E-state index in [1.165, 1.54) is 18.0 Å². The standard InChI is InChI=1S/C15H17N5O2.C2H6/c1-22-12-4-2-11(3-5-12)15(6-7-15)19-14-17-8-10(9-18-14)13(21)20-16;1-2/h2-5,8-9H,6-7,16H2,1H3,(H,20,21)(H,17,18,19);1-2H3. The average Bonchev–Trinajstić information content (AvgIpc) is 3.44. The highest BCUT2D eigenvalue weighted by molar-refractivity contribution is 5.93. The number of amides is 1. The Morgan fingerprint density at radius 1 is 1.17 bits per heavy atom. The van der Waals surface area contributed by atoms with Crippen LogP contribution in [-0.2, 0) is 5.54 Å². The number of aromatic nitrogens is 2. The van der Waals surface area contributed by atoms with Crippen LogP contribution in [0.25, 0.3) is 0 Å². The molecular formula is C17H23N5O2. The van der Waals surface area contributed by atoms with Gasteiger partial charge in [0, 0.05) is 12.4 Å². The van der Waals surface area contributed by atoms with E-state index < -0.39 is 5.91 Å². The zero-order valence-corrected chi connectivity index (χ0v) is 14.2. The summed E-state index contributed by atoms with van der Waals surface area (Å²) in [6, 6.07) is 7.95. The molecule has 0 atom stereocenters. The number of carbonyl (C=O) groups excluding carboxylic acids is 1. The highest BCUT2D eigenvalue weighted by Crippen LogP contribution is 2.48. The topological polar surface area (TPSA) is 102 Å². The van der Waals surface area contributed by atoms with E-state index in [4.69, 9.17) is 10.6 Å². The quantitative estimate of drug-likeness (QED) is 0.441.